The van der Waals surface area contributed by atoms with Crippen LogP contribution < -0.4 is 0 Å². The molecule has 0 fully saturated rings. The first-order valence-corrected chi connectivity index (χ1v) is 11.5. The van der Waals surface area contributed by atoms with Crippen molar-refractivity contribution in [3.63, 3.8) is 0 Å². The van der Waals surface area contributed by atoms with Gasteiger partial charge in [0, 0.05) is 5.56 Å². The molecule has 0 saturated heterocycles. The zero-order valence-corrected chi connectivity index (χ0v) is 17.3. The van der Waals surface area contributed by atoms with Crippen molar-refractivity contribution in [3.8, 4) is 0 Å². The lowest BCUT2D eigenvalue weighted by Gasteiger charge is -2.39. The molecular weight excluding hydrogens is 379 g/mol. The van der Waals surface area contributed by atoms with Crippen molar-refractivity contribution in [2.75, 3.05) is 6.61 Å². The van der Waals surface area contributed by atoms with Crippen molar-refractivity contribution < 1.29 is 18.3 Å². The van der Waals surface area contributed by atoms with Crippen LogP contribution in [0.25, 0.3) is 0 Å². The van der Waals surface area contributed by atoms with Gasteiger partial charge in [0.15, 0.2) is 8.32 Å². The highest BCUT2D eigenvalue weighted by atomic mass is 79.9. The van der Waals surface area contributed by atoms with Gasteiger partial charge in [0.05, 0.1) is 23.6 Å². The van der Waals surface area contributed by atoms with Gasteiger partial charge in [-0.3, -0.25) is 4.79 Å². The lowest BCUT2D eigenvalue weighted by molar-refractivity contribution is -0.145. The number of ether oxygens (including phenoxy) is 1. The Kier molecular flexibility index (Phi) is 6.98. The van der Waals surface area contributed by atoms with Gasteiger partial charge in [0.1, 0.15) is 5.82 Å². The molecule has 0 aliphatic rings. The van der Waals surface area contributed by atoms with Crippen LogP contribution in [0, 0.1) is 5.82 Å². The minimum absolute atomic E-state index is 0.00766. The summed E-state index contributed by atoms with van der Waals surface area (Å²) in [6, 6.07) is 5.04. The molecule has 0 amide bonds. The van der Waals surface area contributed by atoms with Crippen molar-refractivity contribution in [1.29, 1.82) is 0 Å². The zero-order valence-electron chi connectivity index (χ0n) is 14.7. The molecule has 0 aliphatic carbocycles. The summed E-state index contributed by atoms with van der Waals surface area (Å²) in [5.41, 5.74) is 0.386. The van der Waals surface area contributed by atoms with Crippen LogP contribution in [0.15, 0.2) is 22.7 Å². The summed E-state index contributed by atoms with van der Waals surface area (Å²) in [4.78, 5) is 11.9. The van der Waals surface area contributed by atoms with Crippen LogP contribution in [0.4, 0.5) is 4.39 Å². The van der Waals surface area contributed by atoms with Gasteiger partial charge in [-0.25, -0.2) is 4.39 Å². The molecule has 6 heteroatoms. The Labute approximate surface area is 147 Å². The molecule has 0 N–H and O–H groups in total. The van der Waals surface area contributed by atoms with Crippen LogP contribution in [-0.4, -0.2) is 20.9 Å². The molecule has 0 aliphatic heterocycles. The van der Waals surface area contributed by atoms with Gasteiger partial charge >= 0.3 is 5.97 Å². The van der Waals surface area contributed by atoms with Crippen LogP contribution in [0.5, 0.6) is 0 Å². The number of benzene rings is 1. The van der Waals surface area contributed by atoms with Gasteiger partial charge in [-0.1, -0.05) is 32.9 Å². The summed E-state index contributed by atoms with van der Waals surface area (Å²) >= 11 is 3.20. The zero-order chi connectivity index (χ0) is 17.8. The fraction of sp³-hybridized carbons (Fsp3) is 0.588. The Morgan fingerprint density at radius 3 is 2.48 bits per heavy atom. The lowest BCUT2D eigenvalue weighted by atomic mass is 10.1. The predicted molar refractivity (Wildman–Crippen MR) is 96.4 cm³/mol. The molecule has 0 bridgehead atoms. The summed E-state index contributed by atoms with van der Waals surface area (Å²) in [6.45, 7) is 12.5. The van der Waals surface area contributed by atoms with Crippen LogP contribution in [0.2, 0.25) is 18.1 Å². The second-order valence-corrected chi connectivity index (χ2v) is 12.6. The van der Waals surface area contributed by atoms with E-state index in [1.807, 2.05) is 0 Å². The van der Waals surface area contributed by atoms with Gasteiger partial charge in [-0.05, 0) is 47.1 Å². The second kappa shape index (κ2) is 7.90. The summed E-state index contributed by atoms with van der Waals surface area (Å²) in [5, 5.41) is -0.0393. The van der Waals surface area contributed by atoms with Crippen LogP contribution in [0.1, 0.15) is 45.8 Å². The predicted octanol–water partition coefficient (Wildman–Crippen LogP) is 5.60. The molecule has 130 valence electrons. The number of carbonyl (C=O) groups excluding carboxylic acids is 1. The molecule has 0 radical (unpaired) electrons. The fourth-order valence-corrected chi connectivity index (χ4v) is 3.54. The monoisotopic (exact) mass is 404 g/mol. The van der Waals surface area contributed by atoms with Crippen LogP contribution in [-0.2, 0) is 14.0 Å². The number of rotatable bonds is 6. The van der Waals surface area contributed by atoms with Crippen LogP contribution >= 0.6 is 15.9 Å². The minimum atomic E-state index is -2.17. The van der Waals surface area contributed by atoms with Gasteiger partial charge in [-0.2, -0.15) is 0 Å². The molecule has 0 heterocycles. The third-order valence-corrected chi connectivity index (χ3v) is 9.33. The molecule has 23 heavy (non-hydrogen) atoms. The van der Waals surface area contributed by atoms with Crippen molar-refractivity contribution in [1.82, 2.24) is 0 Å². The van der Waals surface area contributed by atoms with Gasteiger partial charge in [0.2, 0.25) is 0 Å². The molecule has 0 spiro atoms. The van der Waals surface area contributed by atoms with Crippen LogP contribution in [0.3, 0.4) is 0 Å². The average molecular weight is 405 g/mol. The van der Waals surface area contributed by atoms with E-state index in [1.165, 1.54) is 0 Å². The van der Waals surface area contributed by atoms with Crippen molar-refractivity contribution in [3.05, 3.63) is 34.1 Å². The standard InChI is InChI=1S/C17H26BrFO3Si/c1-7-21-15(20)11-14(22-23(5,6)17(2,3)4)12-9-8-10-13(18)16(12)19/h8-10,14H,7,11H2,1-6H3. The highest BCUT2D eigenvalue weighted by molar-refractivity contribution is 9.10. The van der Waals surface area contributed by atoms with E-state index in [9.17, 15) is 9.18 Å². The summed E-state index contributed by atoms with van der Waals surface area (Å²) in [5.74, 6) is -0.768. The second-order valence-electron chi connectivity index (χ2n) is 7.02. The molecule has 0 saturated carbocycles. The van der Waals surface area contributed by atoms with E-state index in [0.29, 0.717) is 16.6 Å². The molecule has 3 nitrogen and oxygen atoms in total. The summed E-state index contributed by atoms with van der Waals surface area (Å²) < 4.78 is 26.2. The third-order valence-electron chi connectivity index (χ3n) is 4.23. The Balaban J connectivity index is 3.17. The molecule has 1 aromatic carbocycles. The highest BCUT2D eigenvalue weighted by Crippen LogP contribution is 2.41. The number of hydrogen-bond donors (Lipinski definition) is 0. The molecule has 1 unspecified atom stereocenters. The highest BCUT2D eigenvalue weighted by Gasteiger charge is 2.40. The maximum Gasteiger partial charge on any atom is 0.308 e. The van der Waals surface area contributed by atoms with Crippen molar-refractivity contribution in [2.24, 2.45) is 0 Å². The topological polar surface area (TPSA) is 35.5 Å². The number of esters is 1. The molecule has 1 rings (SSSR count). The van der Waals surface area contributed by atoms with Gasteiger partial charge in [-0.15, -0.1) is 0 Å². The van der Waals surface area contributed by atoms with E-state index in [-0.39, 0.29) is 23.2 Å². The molecule has 1 aromatic rings. The van der Waals surface area contributed by atoms with E-state index in [0.717, 1.165) is 0 Å². The molecular formula is C17H26BrFO3Si. The molecule has 0 aromatic heterocycles. The first-order valence-electron chi connectivity index (χ1n) is 7.77. The van der Waals surface area contributed by atoms with Gasteiger partial charge in [0.25, 0.3) is 0 Å². The number of halogens is 2. The van der Waals surface area contributed by atoms with E-state index in [2.05, 4.69) is 49.8 Å². The Bertz CT molecular complexity index is 555. The fourth-order valence-electron chi connectivity index (χ4n) is 1.89. The van der Waals surface area contributed by atoms with Crippen molar-refractivity contribution in [2.45, 2.75) is 58.4 Å². The smallest absolute Gasteiger partial charge is 0.308 e. The first-order chi connectivity index (χ1) is 10.5. The summed E-state index contributed by atoms with van der Waals surface area (Å²) in [7, 11) is -2.17. The maximum absolute atomic E-state index is 14.5. The summed E-state index contributed by atoms with van der Waals surface area (Å²) in [6.07, 6.45) is -0.638. The number of hydrogen-bond acceptors (Lipinski definition) is 3. The molecule has 1 atom stereocenters. The average Bonchev–Trinajstić information content (AvgIpc) is 2.40. The quantitative estimate of drug-likeness (QED) is 0.456. The van der Waals surface area contributed by atoms with E-state index < -0.39 is 14.4 Å². The minimum Gasteiger partial charge on any atom is -0.466 e. The Hall–Kier alpha value is -0.723. The largest absolute Gasteiger partial charge is 0.466 e. The van der Waals surface area contributed by atoms with E-state index in [1.54, 1.807) is 25.1 Å². The SMILES string of the molecule is CCOC(=O)CC(O[Si](C)(C)C(C)(C)C)c1cccc(Br)c1F. The van der Waals surface area contributed by atoms with E-state index in [4.69, 9.17) is 9.16 Å². The Morgan fingerprint density at radius 1 is 1.35 bits per heavy atom. The van der Waals surface area contributed by atoms with Crippen molar-refractivity contribution >= 4 is 30.2 Å². The maximum atomic E-state index is 14.5. The van der Waals surface area contributed by atoms with Gasteiger partial charge < -0.3 is 9.16 Å². The normalized spacial score (nSPS) is 13.7. The first kappa shape index (κ1) is 20.3. The van der Waals surface area contributed by atoms with E-state index >= 15 is 0 Å². The number of carbonyl (C=O) groups is 1. The Morgan fingerprint density at radius 2 is 1.96 bits per heavy atom. The third kappa shape index (κ3) is 5.40. The lowest BCUT2D eigenvalue weighted by Crippen LogP contribution is -2.42.